The summed E-state index contributed by atoms with van der Waals surface area (Å²) in [5, 5.41) is 3.26. The predicted octanol–water partition coefficient (Wildman–Crippen LogP) is 1.26. The average molecular weight is 249 g/mol. The first-order valence-electron chi connectivity index (χ1n) is 4.09. The summed E-state index contributed by atoms with van der Waals surface area (Å²) >= 11 is 11.5. The highest BCUT2D eigenvalue weighted by Crippen LogP contribution is 2.27. The molecule has 1 aromatic heterocycles. The summed E-state index contributed by atoms with van der Waals surface area (Å²) in [7, 11) is 0. The van der Waals surface area contributed by atoms with E-state index in [0.717, 1.165) is 0 Å². The van der Waals surface area contributed by atoms with Gasteiger partial charge in [-0.1, -0.05) is 23.2 Å². The molecule has 0 radical (unpaired) electrons. The highest BCUT2D eigenvalue weighted by molar-refractivity contribution is 6.37. The van der Waals surface area contributed by atoms with Gasteiger partial charge in [0.15, 0.2) is 0 Å². The fraction of sp³-hybridized carbons (Fsp3) is 0.250. The van der Waals surface area contributed by atoms with Crippen molar-refractivity contribution in [1.29, 1.82) is 0 Å². The zero-order chi connectivity index (χ0) is 11.6. The Balaban J connectivity index is 2.95. The Bertz CT molecular complexity index is 396. The number of amides is 1. The van der Waals surface area contributed by atoms with Crippen molar-refractivity contribution < 1.29 is 4.79 Å². The SMILES string of the molecule is CC(Nc1nc(N)c(Cl)cc1Cl)C(N)=O. The smallest absolute Gasteiger partial charge is 0.239 e. The second-order valence-corrected chi connectivity index (χ2v) is 3.77. The van der Waals surface area contributed by atoms with Crippen molar-refractivity contribution in [2.75, 3.05) is 11.1 Å². The number of aromatic nitrogens is 1. The molecule has 0 saturated heterocycles. The molecule has 5 N–H and O–H groups in total. The molecule has 0 aromatic carbocycles. The molecule has 82 valence electrons. The van der Waals surface area contributed by atoms with Gasteiger partial charge in [0.2, 0.25) is 5.91 Å². The van der Waals surface area contributed by atoms with Crippen LogP contribution < -0.4 is 16.8 Å². The summed E-state index contributed by atoms with van der Waals surface area (Å²) in [6, 6.07) is 0.858. The largest absolute Gasteiger partial charge is 0.382 e. The van der Waals surface area contributed by atoms with E-state index in [-0.39, 0.29) is 21.7 Å². The Kier molecular flexibility index (Phi) is 3.60. The van der Waals surface area contributed by atoms with E-state index in [1.807, 2.05) is 0 Å². The number of hydrogen-bond acceptors (Lipinski definition) is 4. The topological polar surface area (TPSA) is 94.0 Å². The summed E-state index contributed by atoms with van der Waals surface area (Å²) in [5.41, 5.74) is 10.6. The number of carbonyl (C=O) groups excluding carboxylic acids is 1. The quantitative estimate of drug-likeness (QED) is 0.751. The number of rotatable bonds is 3. The van der Waals surface area contributed by atoms with Gasteiger partial charge in [-0.2, -0.15) is 0 Å². The molecule has 0 spiro atoms. The minimum absolute atomic E-state index is 0.139. The number of hydrogen-bond donors (Lipinski definition) is 3. The number of pyridine rings is 1. The molecule has 0 saturated carbocycles. The molecule has 0 fully saturated rings. The molecule has 1 heterocycles. The van der Waals surface area contributed by atoms with E-state index < -0.39 is 11.9 Å². The van der Waals surface area contributed by atoms with E-state index in [0.29, 0.717) is 0 Å². The zero-order valence-electron chi connectivity index (χ0n) is 7.92. The van der Waals surface area contributed by atoms with Crippen molar-refractivity contribution in [1.82, 2.24) is 4.98 Å². The van der Waals surface area contributed by atoms with Crippen molar-refractivity contribution >= 4 is 40.7 Å². The fourth-order valence-electron chi connectivity index (χ4n) is 0.858. The summed E-state index contributed by atoms with van der Waals surface area (Å²) < 4.78 is 0. The number of carbonyl (C=O) groups is 1. The Morgan fingerprint density at radius 3 is 2.67 bits per heavy atom. The van der Waals surface area contributed by atoms with Gasteiger partial charge in [0.05, 0.1) is 10.0 Å². The second-order valence-electron chi connectivity index (χ2n) is 2.95. The minimum Gasteiger partial charge on any atom is -0.382 e. The van der Waals surface area contributed by atoms with Gasteiger partial charge in [0.25, 0.3) is 0 Å². The molecular weight excluding hydrogens is 239 g/mol. The van der Waals surface area contributed by atoms with E-state index in [1.54, 1.807) is 6.92 Å². The second kappa shape index (κ2) is 4.55. The van der Waals surface area contributed by atoms with Crippen LogP contribution in [0.4, 0.5) is 11.6 Å². The highest BCUT2D eigenvalue weighted by Gasteiger charge is 2.12. The Labute approximate surface area is 96.7 Å². The normalized spacial score (nSPS) is 12.2. The number of nitrogen functional groups attached to an aromatic ring is 1. The molecule has 1 rings (SSSR count). The van der Waals surface area contributed by atoms with Crippen LogP contribution in [0.2, 0.25) is 10.0 Å². The van der Waals surface area contributed by atoms with Gasteiger partial charge in [0.1, 0.15) is 17.7 Å². The van der Waals surface area contributed by atoms with Crippen LogP contribution in [0, 0.1) is 0 Å². The number of nitrogens with two attached hydrogens (primary N) is 2. The molecule has 5 nitrogen and oxygen atoms in total. The Hall–Kier alpha value is -1.20. The summed E-state index contributed by atoms with van der Waals surface area (Å²) in [6.45, 7) is 1.59. The zero-order valence-corrected chi connectivity index (χ0v) is 9.43. The fourth-order valence-corrected chi connectivity index (χ4v) is 1.27. The molecule has 0 aliphatic carbocycles. The maximum absolute atomic E-state index is 10.8. The first-order valence-corrected chi connectivity index (χ1v) is 4.84. The third kappa shape index (κ3) is 2.87. The lowest BCUT2D eigenvalue weighted by molar-refractivity contribution is -0.118. The third-order valence-electron chi connectivity index (χ3n) is 1.74. The molecule has 1 unspecified atom stereocenters. The Morgan fingerprint density at radius 1 is 1.53 bits per heavy atom. The molecule has 0 bridgehead atoms. The third-order valence-corrected chi connectivity index (χ3v) is 2.33. The lowest BCUT2D eigenvalue weighted by Gasteiger charge is -2.12. The van der Waals surface area contributed by atoms with E-state index in [9.17, 15) is 4.79 Å². The van der Waals surface area contributed by atoms with Crippen molar-refractivity contribution in [2.45, 2.75) is 13.0 Å². The predicted molar refractivity (Wildman–Crippen MR) is 60.9 cm³/mol. The van der Waals surface area contributed by atoms with Crippen molar-refractivity contribution in [3.63, 3.8) is 0 Å². The van der Waals surface area contributed by atoms with E-state index >= 15 is 0 Å². The van der Waals surface area contributed by atoms with Crippen LogP contribution in [0.1, 0.15) is 6.92 Å². The molecule has 1 aromatic rings. The minimum atomic E-state index is -0.587. The number of anilines is 2. The first-order chi connectivity index (χ1) is 6.91. The molecule has 0 aliphatic rings. The van der Waals surface area contributed by atoms with Crippen LogP contribution in [-0.4, -0.2) is 16.9 Å². The standard InChI is InChI=1S/C8H10Cl2N4O/c1-3(7(12)15)13-8-5(10)2-4(9)6(11)14-8/h2-3H,1H3,(H2,12,15)(H3,11,13,14). The van der Waals surface area contributed by atoms with Crippen LogP contribution in [0.25, 0.3) is 0 Å². The summed E-state index contributed by atoms with van der Waals surface area (Å²) in [4.78, 5) is 14.7. The molecular formula is C8H10Cl2N4O. The summed E-state index contributed by atoms with van der Waals surface area (Å²) in [6.07, 6.45) is 0. The lowest BCUT2D eigenvalue weighted by Crippen LogP contribution is -2.32. The van der Waals surface area contributed by atoms with E-state index in [2.05, 4.69) is 10.3 Å². The van der Waals surface area contributed by atoms with Gasteiger partial charge >= 0.3 is 0 Å². The maximum Gasteiger partial charge on any atom is 0.239 e. The highest BCUT2D eigenvalue weighted by atomic mass is 35.5. The van der Waals surface area contributed by atoms with Crippen LogP contribution in [0.5, 0.6) is 0 Å². The van der Waals surface area contributed by atoms with Crippen molar-refractivity contribution in [3.05, 3.63) is 16.1 Å². The number of primary amides is 1. The molecule has 7 heteroatoms. The molecule has 1 amide bonds. The monoisotopic (exact) mass is 248 g/mol. The van der Waals surface area contributed by atoms with Crippen molar-refractivity contribution in [2.24, 2.45) is 5.73 Å². The number of halogens is 2. The van der Waals surface area contributed by atoms with Crippen LogP contribution in [0.15, 0.2) is 6.07 Å². The Morgan fingerprint density at radius 2 is 2.13 bits per heavy atom. The average Bonchev–Trinajstić information content (AvgIpc) is 2.13. The lowest BCUT2D eigenvalue weighted by atomic mass is 10.3. The molecule has 15 heavy (non-hydrogen) atoms. The van der Waals surface area contributed by atoms with Gasteiger partial charge < -0.3 is 16.8 Å². The molecule has 0 aliphatic heterocycles. The van der Waals surface area contributed by atoms with Gasteiger partial charge in [0, 0.05) is 0 Å². The van der Waals surface area contributed by atoms with Crippen LogP contribution >= 0.6 is 23.2 Å². The van der Waals surface area contributed by atoms with Crippen LogP contribution in [0.3, 0.4) is 0 Å². The van der Waals surface area contributed by atoms with Gasteiger partial charge in [-0.25, -0.2) is 4.98 Å². The van der Waals surface area contributed by atoms with Crippen molar-refractivity contribution in [3.8, 4) is 0 Å². The van der Waals surface area contributed by atoms with Gasteiger partial charge in [-0.3, -0.25) is 4.79 Å². The molecule has 1 atom stereocenters. The summed E-state index contributed by atoms with van der Waals surface area (Å²) in [5.74, 6) is -0.0912. The number of nitrogens with zero attached hydrogens (tertiary/aromatic N) is 1. The first kappa shape index (κ1) is 11.9. The van der Waals surface area contributed by atoms with Crippen LogP contribution in [-0.2, 0) is 4.79 Å². The van der Waals surface area contributed by atoms with Gasteiger partial charge in [-0.15, -0.1) is 0 Å². The number of nitrogens with one attached hydrogen (secondary N) is 1. The van der Waals surface area contributed by atoms with E-state index in [1.165, 1.54) is 6.07 Å². The maximum atomic E-state index is 10.8. The van der Waals surface area contributed by atoms with E-state index in [4.69, 9.17) is 34.7 Å². The van der Waals surface area contributed by atoms with Gasteiger partial charge in [-0.05, 0) is 13.0 Å².